The number of thiazole rings is 1. The van der Waals surface area contributed by atoms with Crippen molar-refractivity contribution in [2.75, 3.05) is 5.32 Å². The number of benzene rings is 1. The summed E-state index contributed by atoms with van der Waals surface area (Å²) >= 11 is 1.43. The lowest BCUT2D eigenvalue weighted by Gasteiger charge is -2.10. The van der Waals surface area contributed by atoms with Gasteiger partial charge in [0.15, 0.2) is 5.13 Å². The van der Waals surface area contributed by atoms with Crippen molar-refractivity contribution in [1.82, 2.24) is 9.97 Å². The van der Waals surface area contributed by atoms with Gasteiger partial charge in [-0.1, -0.05) is 37.3 Å². The number of hydrogen-bond acceptors (Lipinski definition) is 4. The molecule has 4 nitrogen and oxygen atoms in total. The van der Waals surface area contributed by atoms with Crippen LogP contribution in [0.25, 0.3) is 11.3 Å². The second-order valence-corrected chi connectivity index (χ2v) is 6.20. The minimum atomic E-state index is -0.0167. The maximum atomic E-state index is 12.2. The Balaban J connectivity index is 1.61. The van der Waals surface area contributed by atoms with Crippen molar-refractivity contribution in [2.45, 2.75) is 19.3 Å². The molecular formula is C18H17N3OS. The van der Waals surface area contributed by atoms with Crippen molar-refractivity contribution in [2.24, 2.45) is 0 Å². The minimum Gasteiger partial charge on any atom is -0.302 e. The van der Waals surface area contributed by atoms with E-state index in [-0.39, 0.29) is 11.8 Å². The molecule has 2 aromatic heterocycles. The number of nitrogens with zero attached hydrogens (tertiary/aromatic N) is 2. The number of nitrogens with one attached hydrogen (secondary N) is 1. The third-order valence-corrected chi connectivity index (χ3v) is 4.34. The van der Waals surface area contributed by atoms with Crippen molar-refractivity contribution in [1.29, 1.82) is 0 Å². The molecule has 1 aromatic carbocycles. The fraction of sp³-hybridized carbons (Fsp3) is 0.167. The Morgan fingerprint density at radius 3 is 2.65 bits per heavy atom. The molecule has 0 saturated carbocycles. The van der Waals surface area contributed by atoms with Gasteiger partial charge in [-0.25, -0.2) is 4.98 Å². The van der Waals surface area contributed by atoms with Gasteiger partial charge < -0.3 is 5.32 Å². The first-order valence-electron chi connectivity index (χ1n) is 7.43. The van der Waals surface area contributed by atoms with Gasteiger partial charge in [0.05, 0.1) is 5.69 Å². The third-order valence-electron chi connectivity index (χ3n) is 3.59. The molecule has 116 valence electrons. The van der Waals surface area contributed by atoms with Crippen LogP contribution in [-0.2, 0) is 4.79 Å². The quantitative estimate of drug-likeness (QED) is 0.760. The molecule has 0 saturated heterocycles. The second-order valence-electron chi connectivity index (χ2n) is 5.34. The molecule has 0 unspecified atom stereocenters. The largest absolute Gasteiger partial charge is 0.302 e. The van der Waals surface area contributed by atoms with Gasteiger partial charge in [0.2, 0.25) is 5.91 Å². The Morgan fingerprint density at radius 2 is 1.91 bits per heavy atom. The van der Waals surface area contributed by atoms with E-state index in [1.807, 2.05) is 47.8 Å². The van der Waals surface area contributed by atoms with Crippen LogP contribution in [0.15, 0.2) is 60.2 Å². The van der Waals surface area contributed by atoms with Crippen molar-refractivity contribution >= 4 is 22.4 Å². The van der Waals surface area contributed by atoms with Gasteiger partial charge in [-0.3, -0.25) is 9.78 Å². The molecule has 0 aliphatic carbocycles. The van der Waals surface area contributed by atoms with Crippen LogP contribution in [0.3, 0.4) is 0 Å². The van der Waals surface area contributed by atoms with Gasteiger partial charge in [-0.2, -0.15) is 0 Å². The summed E-state index contributed by atoms with van der Waals surface area (Å²) in [6.07, 6.45) is 3.90. The van der Waals surface area contributed by atoms with E-state index in [1.54, 1.807) is 12.4 Å². The SMILES string of the molecule is C[C@@H](CC(=O)Nc1nc(-c2ccncc2)cs1)c1ccccc1. The predicted octanol–water partition coefficient (Wildman–Crippen LogP) is 4.34. The second kappa shape index (κ2) is 7.15. The highest BCUT2D eigenvalue weighted by molar-refractivity contribution is 7.14. The topological polar surface area (TPSA) is 54.9 Å². The lowest BCUT2D eigenvalue weighted by atomic mass is 9.98. The number of carbonyl (C=O) groups excluding carboxylic acids is 1. The molecule has 5 heteroatoms. The number of amides is 1. The zero-order valence-electron chi connectivity index (χ0n) is 12.8. The maximum absolute atomic E-state index is 12.2. The monoisotopic (exact) mass is 323 g/mol. The molecule has 1 N–H and O–H groups in total. The molecule has 0 radical (unpaired) electrons. The summed E-state index contributed by atoms with van der Waals surface area (Å²) in [6.45, 7) is 2.05. The summed E-state index contributed by atoms with van der Waals surface area (Å²) in [6, 6.07) is 13.9. The first-order valence-corrected chi connectivity index (χ1v) is 8.31. The van der Waals surface area contributed by atoms with Crippen LogP contribution in [-0.4, -0.2) is 15.9 Å². The Kier molecular flexibility index (Phi) is 4.78. The van der Waals surface area contributed by atoms with Gasteiger partial charge >= 0.3 is 0 Å². The number of anilines is 1. The summed E-state index contributed by atoms with van der Waals surface area (Å²) < 4.78 is 0. The molecule has 1 atom stereocenters. The summed E-state index contributed by atoms with van der Waals surface area (Å²) in [5.74, 6) is 0.160. The van der Waals surface area contributed by atoms with Crippen molar-refractivity contribution in [3.8, 4) is 11.3 Å². The molecule has 0 bridgehead atoms. The van der Waals surface area contributed by atoms with E-state index in [0.29, 0.717) is 11.6 Å². The molecule has 23 heavy (non-hydrogen) atoms. The lowest BCUT2D eigenvalue weighted by molar-refractivity contribution is -0.116. The Morgan fingerprint density at radius 1 is 1.17 bits per heavy atom. The molecule has 0 aliphatic rings. The van der Waals surface area contributed by atoms with Crippen molar-refractivity contribution in [3.05, 3.63) is 65.8 Å². The molecule has 0 aliphatic heterocycles. The fourth-order valence-electron chi connectivity index (χ4n) is 2.33. The van der Waals surface area contributed by atoms with E-state index in [1.165, 1.54) is 16.9 Å². The van der Waals surface area contributed by atoms with E-state index in [2.05, 4.69) is 22.2 Å². The maximum Gasteiger partial charge on any atom is 0.226 e. The highest BCUT2D eigenvalue weighted by Gasteiger charge is 2.13. The number of pyridine rings is 1. The fourth-order valence-corrected chi connectivity index (χ4v) is 3.07. The Bertz CT molecular complexity index is 771. The van der Waals surface area contributed by atoms with Gasteiger partial charge in [0.25, 0.3) is 0 Å². The van der Waals surface area contributed by atoms with Crippen LogP contribution in [0.4, 0.5) is 5.13 Å². The zero-order valence-corrected chi connectivity index (χ0v) is 13.6. The highest BCUT2D eigenvalue weighted by Crippen LogP contribution is 2.25. The third kappa shape index (κ3) is 4.02. The first-order chi connectivity index (χ1) is 11.2. The van der Waals surface area contributed by atoms with E-state index in [4.69, 9.17) is 0 Å². The van der Waals surface area contributed by atoms with Crippen LogP contribution < -0.4 is 5.32 Å². The predicted molar refractivity (Wildman–Crippen MR) is 93.4 cm³/mol. The lowest BCUT2D eigenvalue weighted by Crippen LogP contribution is -2.14. The average Bonchev–Trinajstić information content (AvgIpc) is 3.04. The van der Waals surface area contributed by atoms with Gasteiger partial charge in [0, 0.05) is 29.8 Å². The van der Waals surface area contributed by atoms with Gasteiger partial charge in [0.1, 0.15) is 0 Å². The number of rotatable bonds is 5. The van der Waals surface area contributed by atoms with E-state index < -0.39 is 0 Å². The Labute approximate surface area is 139 Å². The molecule has 2 heterocycles. The van der Waals surface area contributed by atoms with Crippen LogP contribution in [0, 0.1) is 0 Å². The number of aromatic nitrogens is 2. The van der Waals surface area contributed by atoms with Gasteiger partial charge in [-0.15, -0.1) is 11.3 Å². The highest BCUT2D eigenvalue weighted by atomic mass is 32.1. The zero-order chi connectivity index (χ0) is 16.1. The first kappa shape index (κ1) is 15.4. The number of hydrogen-bond donors (Lipinski definition) is 1. The standard InChI is InChI=1S/C18H17N3OS/c1-13(14-5-3-2-4-6-14)11-17(22)21-18-20-16(12-23-18)15-7-9-19-10-8-15/h2-10,12-13H,11H2,1H3,(H,20,21,22)/t13-/m0/s1. The molecule has 0 fully saturated rings. The van der Waals surface area contributed by atoms with Crippen LogP contribution in [0.5, 0.6) is 0 Å². The van der Waals surface area contributed by atoms with Crippen LogP contribution in [0.1, 0.15) is 24.8 Å². The van der Waals surface area contributed by atoms with Crippen molar-refractivity contribution < 1.29 is 4.79 Å². The Hall–Kier alpha value is -2.53. The van der Waals surface area contributed by atoms with E-state index in [9.17, 15) is 4.79 Å². The summed E-state index contributed by atoms with van der Waals surface area (Å²) in [7, 11) is 0. The summed E-state index contributed by atoms with van der Waals surface area (Å²) in [5, 5.41) is 5.45. The average molecular weight is 323 g/mol. The van der Waals surface area contributed by atoms with Crippen LogP contribution in [0.2, 0.25) is 0 Å². The normalized spacial score (nSPS) is 11.9. The molecular weight excluding hydrogens is 306 g/mol. The molecule has 1 amide bonds. The smallest absolute Gasteiger partial charge is 0.226 e. The van der Waals surface area contributed by atoms with Crippen LogP contribution >= 0.6 is 11.3 Å². The van der Waals surface area contributed by atoms with E-state index in [0.717, 1.165) is 11.3 Å². The molecule has 3 aromatic rings. The van der Waals surface area contributed by atoms with Crippen molar-refractivity contribution in [3.63, 3.8) is 0 Å². The molecule has 0 spiro atoms. The van der Waals surface area contributed by atoms with Gasteiger partial charge in [-0.05, 0) is 23.6 Å². The minimum absolute atomic E-state index is 0.0167. The summed E-state index contributed by atoms with van der Waals surface area (Å²) in [5.41, 5.74) is 3.01. The molecule has 3 rings (SSSR count). The number of carbonyl (C=O) groups is 1. The summed E-state index contributed by atoms with van der Waals surface area (Å²) in [4.78, 5) is 20.6. The van der Waals surface area contributed by atoms with E-state index >= 15 is 0 Å².